The van der Waals surface area contributed by atoms with E-state index in [9.17, 15) is 13.2 Å². The molecule has 0 aliphatic carbocycles. The number of piperidine rings is 1. The minimum atomic E-state index is -4.93. The second kappa shape index (κ2) is 8.70. The quantitative estimate of drug-likeness (QED) is 0.624. The smallest absolute Gasteiger partial charge is 0.475 e. The molecule has 0 amide bonds. The van der Waals surface area contributed by atoms with E-state index in [1.54, 1.807) is 11.6 Å². The number of halogens is 4. The van der Waals surface area contributed by atoms with Gasteiger partial charge in [0.25, 0.3) is 0 Å². The molecule has 2 bridgehead atoms. The Balaban J connectivity index is 1.66. The summed E-state index contributed by atoms with van der Waals surface area (Å²) in [7, 11) is 0. The minimum absolute atomic E-state index is 0.118. The lowest BCUT2D eigenvalue weighted by molar-refractivity contribution is -0.274. The first-order chi connectivity index (χ1) is 14.3. The van der Waals surface area contributed by atoms with E-state index in [0.29, 0.717) is 22.7 Å². The summed E-state index contributed by atoms with van der Waals surface area (Å²) in [5, 5.41) is 5.64. The van der Waals surface area contributed by atoms with Crippen molar-refractivity contribution in [3.05, 3.63) is 22.7 Å². The molecular weight excluding hydrogens is 441 g/mol. The van der Waals surface area contributed by atoms with Crippen LogP contribution in [0.3, 0.4) is 0 Å². The van der Waals surface area contributed by atoms with Gasteiger partial charge in [0.1, 0.15) is 17.4 Å². The fourth-order valence-corrected chi connectivity index (χ4v) is 4.87. The van der Waals surface area contributed by atoms with Gasteiger partial charge in [-0.1, -0.05) is 18.0 Å². The summed E-state index contributed by atoms with van der Waals surface area (Å²) in [4.78, 5) is 10.2. The summed E-state index contributed by atoms with van der Waals surface area (Å²) < 4.78 is 49.0. The van der Waals surface area contributed by atoms with Crippen molar-refractivity contribution in [1.82, 2.24) is 15.2 Å². The van der Waals surface area contributed by atoms with Crippen LogP contribution in [0, 0.1) is 0 Å². The number of aromatic nitrogens is 1. The van der Waals surface area contributed by atoms with Crippen molar-refractivity contribution in [1.29, 1.82) is 0 Å². The maximum Gasteiger partial charge on any atom is 0.573 e. The largest absolute Gasteiger partial charge is 0.573 e. The van der Waals surface area contributed by atoms with Gasteiger partial charge in [-0.15, -0.1) is 24.5 Å². The summed E-state index contributed by atoms with van der Waals surface area (Å²) in [6, 6.07) is 2.15. The standard InChI is InChI=1S/C19H20ClF3N4O2S/c1-24-15-16(28-10-27-8-11-3-2-4-12(9-27)26-11)13(18-25-5-6-30-18)7-14(20)17(15)29-19(21,22)23/h5-7,11-12,26H,1-4,8-10H2. The van der Waals surface area contributed by atoms with Crippen molar-refractivity contribution in [2.24, 2.45) is 4.99 Å². The Morgan fingerprint density at radius 1 is 1.30 bits per heavy atom. The molecule has 2 aromatic rings. The highest BCUT2D eigenvalue weighted by atomic mass is 35.5. The highest BCUT2D eigenvalue weighted by Crippen LogP contribution is 2.50. The Morgan fingerprint density at radius 3 is 2.63 bits per heavy atom. The number of alkyl halides is 3. The fraction of sp³-hybridized carbons (Fsp3) is 0.474. The molecule has 0 radical (unpaired) electrons. The Labute approximate surface area is 180 Å². The SMILES string of the molecule is C=Nc1c(OC(F)(F)F)c(Cl)cc(-c2nccs2)c1OCN1CC2CCCC(C1)N2. The molecular formula is C19H20ClF3N4O2S. The van der Waals surface area contributed by atoms with Crippen molar-refractivity contribution < 1.29 is 22.6 Å². The lowest BCUT2D eigenvalue weighted by Gasteiger charge is -2.42. The van der Waals surface area contributed by atoms with Crippen molar-refractivity contribution >= 4 is 35.3 Å². The van der Waals surface area contributed by atoms with Crippen LogP contribution in [0.2, 0.25) is 5.02 Å². The lowest BCUT2D eigenvalue weighted by atomic mass is 9.94. The molecule has 1 aromatic heterocycles. The van der Waals surface area contributed by atoms with Gasteiger partial charge in [0.2, 0.25) is 0 Å². The number of rotatable bonds is 6. The van der Waals surface area contributed by atoms with E-state index in [2.05, 4.69) is 31.6 Å². The number of ether oxygens (including phenoxy) is 2. The summed E-state index contributed by atoms with van der Waals surface area (Å²) in [6.07, 6.45) is 0.0587. The normalized spacial score (nSPS) is 22.0. The Kier molecular flexibility index (Phi) is 6.19. The molecule has 2 aliphatic rings. The zero-order valence-electron chi connectivity index (χ0n) is 15.9. The number of hydrogen-bond donors (Lipinski definition) is 1. The second-order valence-corrected chi connectivity index (χ2v) is 8.56. The van der Waals surface area contributed by atoms with E-state index in [4.69, 9.17) is 16.3 Å². The number of nitrogens with zero attached hydrogens (tertiary/aromatic N) is 3. The van der Waals surface area contributed by atoms with Crippen LogP contribution in [0.4, 0.5) is 18.9 Å². The second-order valence-electron chi connectivity index (χ2n) is 7.26. The van der Waals surface area contributed by atoms with Crippen molar-refractivity contribution in [2.45, 2.75) is 37.7 Å². The lowest BCUT2D eigenvalue weighted by Crippen LogP contribution is -2.59. The molecule has 4 rings (SSSR count). The maximum absolute atomic E-state index is 12.9. The third-order valence-electron chi connectivity index (χ3n) is 5.13. The van der Waals surface area contributed by atoms with Crippen LogP contribution in [-0.4, -0.2) is 54.9 Å². The number of piperazine rings is 1. The number of aliphatic imine (C=N–C) groups is 1. The molecule has 11 heteroatoms. The first kappa shape index (κ1) is 21.4. The number of likely N-dealkylation sites (tertiary alicyclic amines) is 1. The van der Waals surface area contributed by atoms with Gasteiger partial charge in [0.15, 0.2) is 11.5 Å². The van der Waals surface area contributed by atoms with Crippen LogP contribution in [0.1, 0.15) is 19.3 Å². The average molecular weight is 461 g/mol. The highest BCUT2D eigenvalue weighted by Gasteiger charge is 2.36. The first-order valence-electron chi connectivity index (χ1n) is 9.44. The van der Waals surface area contributed by atoms with Gasteiger partial charge in [-0.2, -0.15) is 0 Å². The molecule has 0 spiro atoms. The number of hydrogen-bond acceptors (Lipinski definition) is 7. The van der Waals surface area contributed by atoms with E-state index in [0.717, 1.165) is 25.9 Å². The Morgan fingerprint density at radius 2 is 2.03 bits per heavy atom. The zero-order valence-corrected chi connectivity index (χ0v) is 17.5. The third kappa shape index (κ3) is 4.72. The van der Waals surface area contributed by atoms with Gasteiger partial charge < -0.3 is 14.8 Å². The molecule has 2 fully saturated rings. The van der Waals surface area contributed by atoms with Crippen molar-refractivity contribution in [3.63, 3.8) is 0 Å². The molecule has 2 saturated heterocycles. The fourth-order valence-electron chi connectivity index (χ4n) is 3.98. The van der Waals surface area contributed by atoms with E-state index in [1.165, 1.54) is 23.8 Å². The van der Waals surface area contributed by atoms with E-state index < -0.39 is 12.1 Å². The van der Waals surface area contributed by atoms with Gasteiger partial charge >= 0.3 is 6.36 Å². The van der Waals surface area contributed by atoms with Crippen LogP contribution in [0.5, 0.6) is 11.5 Å². The van der Waals surface area contributed by atoms with Gasteiger partial charge in [0, 0.05) is 36.8 Å². The van der Waals surface area contributed by atoms with E-state index in [-0.39, 0.29) is 23.2 Å². The monoisotopic (exact) mass is 460 g/mol. The summed E-state index contributed by atoms with van der Waals surface area (Å²) in [5.41, 5.74) is 0.252. The molecule has 1 N–H and O–H groups in total. The highest BCUT2D eigenvalue weighted by molar-refractivity contribution is 7.13. The molecule has 162 valence electrons. The molecule has 2 unspecified atom stereocenters. The average Bonchev–Trinajstić information content (AvgIpc) is 3.21. The number of fused-ring (bicyclic) bond motifs is 2. The zero-order chi connectivity index (χ0) is 21.3. The molecule has 2 atom stereocenters. The van der Waals surface area contributed by atoms with Crippen LogP contribution in [-0.2, 0) is 0 Å². The molecule has 1 aromatic carbocycles. The predicted molar refractivity (Wildman–Crippen MR) is 110 cm³/mol. The van der Waals surface area contributed by atoms with Crippen LogP contribution in [0.25, 0.3) is 10.6 Å². The molecule has 2 aliphatic heterocycles. The van der Waals surface area contributed by atoms with Crippen molar-refractivity contribution in [2.75, 3.05) is 19.8 Å². The minimum Gasteiger partial charge on any atom is -0.475 e. The summed E-state index contributed by atoms with van der Waals surface area (Å²) >= 11 is 7.43. The third-order valence-corrected chi connectivity index (χ3v) is 6.21. The van der Waals surface area contributed by atoms with Crippen LogP contribution in [0.15, 0.2) is 22.6 Å². The van der Waals surface area contributed by atoms with Gasteiger partial charge in [-0.05, 0) is 25.6 Å². The molecule has 3 heterocycles. The van der Waals surface area contributed by atoms with E-state index >= 15 is 0 Å². The van der Waals surface area contributed by atoms with Gasteiger partial charge in [0.05, 0.1) is 10.6 Å². The summed E-state index contributed by atoms with van der Waals surface area (Å²) in [6.45, 7) is 5.22. The Bertz CT molecular complexity index is 898. The topological polar surface area (TPSA) is 59.0 Å². The molecule has 0 saturated carbocycles. The molecule has 30 heavy (non-hydrogen) atoms. The van der Waals surface area contributed by atoms with Crippen molar-refractivity contribution in [3.8, 4) is 22.1 Å². The van der Waals surface area contributed by atoms with E-state index in [1.807, 2.05) is 0 Å². The maximum atomic E-state index is 12.9. The van der Waals surface area contributed by atoms with Gasteiger partial charge in [-0.25, -0.2) is 4.98 Å². The first-order valence-corrected chi connectivity index (χ1v) is 10.7. The number of benzene rings is 1. The number of nitrogens with one attached hydrogen (secondary N) is 1. The molecule has 6 nitrogen and oxygen atoms in total. The Hall–Kier alpha value is -1.88. The number of thiazole rings is 1. The predicted octanol–water partition coefficient (Wildman–Crippen LogP) is 4.86. The van der Waals surface area contributed by atoms with Crippen LogP contribution >= 0.6 is 22.9 Å². The summed E-state index contributed by atoms with van der Waals surface area (Å²) in [5.74, 6) is -0.515. The van der Waals surface area contributed by atoms with Gasteiger partial charge in [-0.3, -0.25) is 9.89 Å². The van der Waals surface area contributed by atoms with Crippen LogP contribution < -0.4 is 14.8 Å².